The van der Waals surface area contributed by atoms with Gasteiger partial charge in [0.15, 0.2) is 0 Å². The number of fused-ring (bicyclic) bond motifs is 1. The van der Waals surface area contributed by atoms with Gasteiger partial charge in [0, 0.05) is 17.3 Å². The number of carbonyl (C=O) groups is 1. The summed E-state index contributed by atoms with van der Waals surface area (Å²) < 4.78 is 40.7. The number of pyridine rings is 1. The molecule has 164 valence electrons. The van der Waals surface area contributed by atoms with Gasteiger partial charge in [-0.15, -0.1) is 0 Å². The van der Waals surface area contributed by atoms with Crippen LogP contribution in [0.4, 0.5) is 18.9 Å². The van der Waals surface area contributed by atoms with Crippen LogP contribution in [0.15, 0.2) is 36.5 Å². The molecular weight excluding hydrogens is 405 g/mol. The predicted octanol–water partition coefficient (Wildman–Crippen LogP) is 6.15. The maximum atomic E-state index is 12.9. The molecule has 0 saturated heterocycles. The van der Waals surface area contributed by atoms with Crippen molar-refractivity contribution in [3.05, 3.63) is 53.5 Å². The van der Waals surface area contributed by atoms with E-state index < -0.39 is 17.8 Å². The van der Waals surface area contributed by atoms with Crippen molar-refractivity contribution in [2.24, 2.45) is 5.92 Å². The number of benzene rings is 1. The van der Waals surface area contributed by atoms with Crippen LogP contribution < -0.4 is 5.32 Å². The Morgan fingerprint density at radius 3 is 2.61 bits per heavy atom. The van der Waals surface area contributed by atoms with Crippen molar-refractivity contribution in [2.75, 3.05) is 5.32 Å². The highest BCUT2D eigenvalue weighted by Crippen LogP contribution is 2.34. The number of hydrogen-bond donors (Lipinski definition) is 1. The van der Waals surface area contributed by atoms with Gasteiger partial charge >= 0.3 is 6.18 Å². The lowest BCUT2D eigenvalue weighted by Gasteiger charge is -2.27. The number of carbonyl (C=O) groups excluding carboxylic acids is 1. The van der Waals surface area contributed by atoms with Crippen molar-refractivity contribution in [1.82, 2.24) is 14.8 Å². The number of amides is 1. The fraction of sp³-hybridized carbons (Fsp3) is 0.435. The zero-order valence-corrected chi connectivity index (χ0v) is 17.5. The summed E-state index contributed by atoms with van der Waals surface area (Å²) in [7, 11) is 0. The molecule has 0 bridgehead atoms. The third-order valence-electron chi connectivity index (χ3n) is 6.16. The minimum atomic E-state index is -4.60. The van der Waals surface area contributed by atoms with Gasteiger partial charge in [-0.05, 0) is 68.4 Å². The topological polar surface area (TPSA) is 59.8 Å². The minimum Gasteiger partial charge on any atom is -0.320 e. The molecule has 2 heterocycles. The normalized spacial score (nSPS) is 19.5. The molecule has 1 aromatic carbocycles. The lowest BCUT2D eigenvalue weighted by atomic mass is 9.85. The first-order chi connectivity index (χ1) is 14.7. The van der Waals surface area contributed by atoms with E-state index in [2.05, 4.69) is 17.2 Å². The van der Waals surface area contributed by atoms with Crippen LogP contribution in [0.25, 0.3) is 10.9 Å². The Bertz CT molecular complexity index is 1100. The smallest absolute Gasteiger partial charge is 0.320 e. The van der Waals surface area contributed by atoms with Crippen molar-refractivity contribution < 1.29 is 18.0 Å². The zero-order chi connectivity index (χ0) is 22.2. The number of aromatic nitrogens is 3. The average Bonchev–Trinajstić information content (AvgIpc) is 3.16. The Labute approximate surface area is 178 Å². The number of anilines is 1. The molecule has 0 spiro atoms. The van der Waals surface area contributed by atoms with Gasteiger partial charge in [-0.3, -0.25) is 9.48 Å². The minimum absolute atomic E-state index is 0.280. The van der Waals surface area contributed by atoms with E-state index in [1.807, 2.05) is 29.9 Å². The zero-order valence-electron chi connectivity index (χ0n) is 17.5. The SMILES string of the molecule is CCC1CCC(n2cc3cc(NC(=O)c4cccc(C(F)(F)F)n4)c(C)cc3n2)CC1. The summed E-state index contributed by atoms with van der Waals surface area (Å²) in [4.78, 5) is 16.0. The molecule has 1 aliphatic carbocycles. The van der Waals surface area contributed by atoms with E-state index >= 15 is 0 Å². The third kappa shape index (κ3) is 4.57. The predicted molar refractivity (Wildman–Crippen MR) is 113 cm³/mol. The maximum absolute atomic E-state index is 12.9. The summed E-state index contributed by atoms with van der Waals surface area (Å²) in [6, 6.07) is 7.37. The Kier molecular flexibility index (Phi) is 5.73. The van der Waals surface area contributed by atoms with E-state index in [4.69, 9.17) is 5.10 Å². The van der Waals surface area contributed by atoms with Crippen LogP contribution >= 0.6 is 0 Å². The maximum Gasteiger partial charge on any atom is 0.433 e. The molecule has 0 unspecified atom stereocenters. The molecule has 0 radical (unpaired) electrons. The molecule has 1 N–H and O–H groups in total. The van der Waals surface area contributed by atoms with Crippen molar-refractivity contribution in [3.8, 4) is 0 Å². The van der Waals surface area contributed by atoms with Gasteiger partial charge in [0.05, 0.1) is 11.6 Å². The summed E-state index contributed by atoms with van der Waals surface area (Å²) >= 11 is 0. The highest BCUT2D eigenvalue weighted by molar-refractivity contribution is 6.04. The van der Waals surface area contributed by atoms with E-state index in [1.54, 1.807) is 0 Å². The van der Waals surface area contributed by atoms with Crippen molar-refractivity contribution >= 4 is 22.5 Å². The van der Waals surface area contributed by atoms with Crippen molar-refractivity contribution in [3.63, 3.8) is 0 Å². The summed E-state index contributed by atoms with van der Waals surface area (Å²) in [5.41, 5.74) is 0.785. The van der Waals surface area contributed by atoms with E-state index in [9.17, 15) is 18.0 Å². The number of rotatable bonds is 4. The number of aryl methyl sites for hydroxylation is 1. The second-order valence-electron chi connectivity index (χ2n) is 8.28. The molecule has 2 aromatic heterocycles. The van der Waals surface area contributed by atoms with Gasteiger partial charge in [-0.25, -0.2) is 4.98 Å². The van der Waals surface area contributed by atoms with Crippen LogP contribution in [0.3, 0.4) is 0 Å². The Balaban J connectivity index is 1.55. The van der Waals surface area contributed by atoms with Crippen LogP contribution in [0.5, 0.6) is 0 Å². The average molecular weight is 430 g/mol. The molecule has 0 aliphatic heterocycles. The van der Waals surface area contributed by atoms with Gasteiger partial charge < -0.3 is 5.32 Å². The number of nitrogens with one attached hydrogen (secondary N) is 1. The fourth-order valence-electron chi connectivity index (χ4n) is 4.24. The first kappa shape index (κ1) is 21.3. The highest BCUT2D eigenvalue weighted by Gasteiger charge is 2.33. The largest absolute Gasteiger partial charge is 0.433 e. The highest BCUT2D eigenvalue weighted by atomic mass is 19.4. The third-order valence-corrected chi connectivity index (χ3v) is 6.16. The number of halogens is 3. The molecular formula is C23H25F3N4O. The van der Waals surface area contributed by atoms with Gasteiger partial charge in [0.2, 0.25) is 0 Å². The van der Waals surface area contributed by atoms with Crippen LogP contribution in [0.2, 0.25) is 0 Å². The molecule has 1 saturated carbocycles. The lowest BCUT2D eigenvalue weighted by molar-refractivity contribution is -0.141. The summed E-state index contributed by atoms with van der Waals surface area (Å²) in [6.45, 7) is 4.07. The second-order valence-corrected chi connectivity index (χ2v) is 8.28. The molecule has 1 fully saturated rings. The molecule has 8 heteroatoms. The number of alkyl halides is 3. The van der Waals surface area contributed by atoms with Gasteiger partial charge in [-0.2, -0.15) is 18.3 Å². The Morgan fingerprint density at radius 2 is 1.94 bits per heavy atom. The second kappa shape index (κ2) is 8.32. The lowest BCUT2D eigenvalue weighted by Crippen LogP contribution is -2.18. The quantitative estimate of drug-likeness (QED) is 0.540. The summed E-state index contributed by atoms with van der Waals surface area (Å²) in [5, 5.41) is 8.31. The first-order valence-corrected chi connectivity index (χ1v) is 10.6. The molecule has 4 rings (SSSR count). The van der Waals surface area contributed by atoms with E-state index in [0.29, 0.717) is 11.7 Å². The first-order valence-electron chi connectivity index (χ1n) is 10.6. The van der Waals surface area contributed by atoms with Crippen LogP contribution in [0.1, 0.15) is 66.8 Å². The molecule has 31 heavy (non-hydrogen) atoms. The van der Waals surface area contributed by atoms with Crippen molar-refractivity contribution in [1.29, 1.82) is 0 Å². The molecule has 3 aromatic rings. The fourth-order valence-corrected chi connectivity index (χ4v) is 4.24. The monoisotopic (exact) mass is 430 g/mol. The van der Waals surface area contributed by atoms with E-state index in [1.165, 1.54) is 31.4 Å². The summed E-state index contributed by atoms with van der Waals surface area (Å²) in [5.74, 6) is 0.119. The van der Waals surface area contributed by atoms with Crippen molar-refractivity contribution in [2.45, 2.75) is 58.2 Å². The van der Waals surface area contributed by atoms with E-state index in [-0.39, 0.29) is 5.69 Å². The van der Waals surface area contributed by atoms with Gasteiger partial charge in [0.25, 0.3) is 5.91 Å². The van der Waals surface area contributed by atoms with E-state index in [0.717, 1.165) is 41.3 Å². The summed E-state index contributed by atoms with van der Waals surface area (Å²) in [6.07, 6.45) is 3.24. The van der Waals surface area contributed by atoms with Crippen LogP contribution in [0, 0.1) is 12.8 Å². The standard InChI is InChI=1S/C23H25F3N4O/c1-3-15-7-9-17(10-8-15)30-13-16-12-19(14(2)11-20(16)29-30)28-22(31)18-5-4-6-21(27-18)23(24,25)26/h4-6,11-13,15,17H,3,7-10H2,1-2H3,(H,28,31). The Hall–Kier alpha value is -2.90. The molecule has 1 amide bonds. The molecule has 5 nitrogen and oxygen atoms in total. The van der Waals surface area contributed by atoms with Gasteiger partial charge in [0.1, 0.15) is 11.4 Å². The number of hydrogen-bond acceptors (Lipinski definition) is 3. The molecule has 1 aliphatic rings. The van der Waals surface area contributed by atoms with Crippen LogP contribution in [-0.4, -0.2) is 20.7 Å². The molecule has 0 atom stereocenters. The van der Waals surface area contributed by atoms with Gasteiger partial charge in [-0.1, -0.05) is 19.4 Å². The van der Waals surface area contributed by atoms with Crippen LogP contribution in [-0.2, 0) is 6.18 Å². The number of nitrogens with zero attached hydrogens (tertiary/aromatic N) is 3. The Morgan fingerprint density at radius 1 is 1.19 bits per heavy atom.